The van der Waals surface area contributed by atoms with E-state index in [1.54, 1.807) is 17.2 Å². The average molecular weight is 297 g/mol. The Bertz CT molecular complexity index is 632. The van der Waals surface area contributed by atoms with Crippen LogP contribution in [0.5, 0.6) is 0 Å². The van der Waals surface area contributed by atoms with Crippen LogP contribution in [0.25, 0.3) is 0 Å². The average Bonchev–Trinajstić information content (AvgIpc) is 2.58. The van der Waals surface area contributed by atoms with Crippen LogP contribution in [0, 0.1) is 6.92 Å². The predicted octanol–water partition coefficient (Wildman–Crippen LogP) is 2.61. The van der Waals surface area contributed by atoms with Crippen LogP contribution >= 0.6 is 0 Å². The van der Waals surface area contributed by atoms with Gasteiger partial charge in [0.1, 0.15) is 5.69 Å². The lowest BCUT2D eigenvalue weighted by Gasteiger charge is -2.26. The molecule has 0 atom stereocenters. The minimum absolute atomic E-state index is 0.0369. The molecule has 5 nitrogen and oxygen atoms in total. The van der Waals surface area contributed by atoms with E-state index in [1.165, 1.54) is 5.56 Å². The summed E-state index contributed by atoms with van der Waals surface area (Å²) in [6.45, 7) is 4.50. The SMILES string of the molecule is Cc1ccc(Nc2ccc(C(=O)N3CCOCC3)nc2)cc1. The fourth-order valence-electron chi connectivity index (χ4n) is 2.33. The zero-order valence-corrected chi connectivity index (χ0v) is 12.6. The molecule has 0 bridgehead atoms. The summed E-state index contributed by atoms with van der Waals surface area (Å²) in [7, 11) is 0. The number of carbonyl (C=O) groups is 1. The first-order chi connectivity index (χ1) is 10.7. The molecular weight excluding hydrogens is 278 g/mol. The van der Waals surface area contributed by atoms with Gasteiger partial charge >= 0.3 is 0 Å². The van der Waals surface area contributed by atoms with Crippen LogP contribution in [0.3, 0.4) is 0 Å². The Kier molecular flexibility index (Phi) is 4.34. The summed E-state index contributed by atoms with van der Waals surface area (Å²) in [5.41, 5.74) is 3.55. The Hall–Kier alpha value is -2.40. The van der Waals surface area contributed by atoms with E-state index in [9.17, 15) is 4.79 Å². The summed E-state index contributed by atoms with van der Waals surface area (Å²) in [4.78, 5) is 18.3. The van der Waals surface area contributed by atoms with E-state index < -0.39 is 0 Å². The maximum Gasteiger partial charge on any atom is 0.272 e. The molecule has 22 heavy (non-hydrogen) atoms. The molecule has 0 unspecified atom stereocenters. The lowest BCUT2D eigenvalue weighted by atomic mass is 10.2. The maximum absolute atomic E-state index is 12.3. The van der Waals surface area contributed by atoms with Crippen LogP contribution in [0.1, 0.15) is 16.1 Å². The maximum atomic E-state index is 12.3. The Morgan fingerprint density at radius 2 is 1.77 bits per heavy atom. The van der Waals surface area contributed by atoms with Crippen LogP contribution in [0.2, 0.25) is 0 Å². The molecule has 114 valence electrons. The number of hydrogen-bond donors (Lipinski definition) is 1. The smallest absolute Gasteiger partial charge is 0.272 e. The van der Waals surface area contributed by atoms with Gasteiger partial charge in [-0.3, -0.25) is 4.79 Å². The van der Waals surface area contributed by atoms with Gasteiger partial charge in [0, 0.05) is 18.8 Å². The summed E-state index contributed by atoms with van der Waals surface area (Å²) >= 11 is 0. The molecule has 1 aliphatic rings. The first kappa shape index (κ1) is 14.5. The number of pyridine rings is 1. The summed E-state index contributed by atoms with van der Waals surface area (Å²) in [5.74, 6) is -0.0369. The second-order valence-corrected chi connectivity index (χ2v) is 5.33. The molecule has 0 spiro atoms. The van der Waals surface area contributed by atoms with Crippen LogP contribution in [0.4, 0.5) is 11.4 Å². The summed E-state index contributed by atoms with van der Waals surface area (Å²) in [6.07, 6.45) is 1.69. The second kappa shape index (κ2) is 6.58. The number of nitrogens with zero attached hydrogens (tertiary/aromatic N) is 2. The number of amides is 1. The second-order valence-electron chi connectivity index (χ2n) is 5.33. The van der Waals surface area contributed by atoms with Crippen LogP contribution in [-0.4, -0.2) is 42.1 Å². The number of nitrogens with one attached hydrogen (secondary N) is 1. The summed E-state index contributed by atoms with van der Waals surface area (Å²) in [5, 5.41) is 3.27. The molecule has 1 fully saturated rings. The van der Waals surface area contributed by atoms with Gasteiger partial charge in [-0.05, 0) is 31.2 Å². The van der Waals surface area contributed by atoms with Crippen molar-refractivity contribution in [3.63, 3.8) is 0 Å². The Balaban J connectivity index is 1.66. The molecule has 0 radical (unpaired) electrons. The van der Waals surface area contributed by atoms with Gasteiger partial charge in [0.15, 0.2) is 0 Å². The lowest BCUT2D eigenvalue weighted by Crippen LogP contribution is -2.41. The van der Waals surface area contributed by atoms with E-state index in [4.69, 9.17) is 4.74 Å². The van der Waals surface area contributed by atoms with Crippen molar-refractivity contribution in [3.8, 4) is 0 Å². The standard InChI is InChI=1S/C17H19N3O2/c1-13-2-4-14(5-3-13)19-15-6-7-16(18-12-15)17(21)20-8-10-22-11-9-20/h2-7,12,19H,8-11H2,1H3. The number of hydrogen-bond acceptors (Lipinski definition) is 4. The van der Waals surface area contributed by atoms with Crippen molar-refractivity contribution in [3.05, 3.63) is 53.9 Å². The van der Waals surface area contributed by atoms with Crippen molar-refractivity contribution in [2.45, 2.75) is 6.92 Å². The first-order valence-corrected chi connectivity index (χ1v) is 7.39. The molecule has 1 aromatic carbocycles. The molecule has 0 saturated carbocycles. The van der Waals surface area contributed by atoms with E-state index >= 15 is 0 Å². The van der Waals surface area contributed by atoms with Crippen LogP contribution in [0.15, 0.2) is 42.6 Å². The van der Waals surface area contributed by atoms with E-state index in [1.807, 2.05) is 30.3 Å². The third kappa shape index (κ3) is 3.43. The third-order valence-corrected chi connectivity index (χ3v) is 3.62. The normalized spacial score (nSPS) is 14.7. The van der Waals surface area contributed by atoms with Gasteiger partial charge < -0.3 is 15.0 Å². The number of anilines is 2. The minimum Gasteiger partial charge on any atom is -0.378 e. The molecule has 5 heteroatoms. The molecule has 0 aliphatic carbocycles. The topological polar surface area (TPSA) is 54.5 Å². The molecule has 1 aromatic heterocycles. The van der Waals surface area contributed by atoms with E-state index in [2.05, 4.69) is 17.2 Å². The van der Waals surface area contributed by atoms with Crippen LogP contribution in [-0.2, 0) is 4.74 Å². The number of aryl methyl sites for hydroxylation is 1. The first-order valence-electron chi connectivity index (χ1n) is 7.39. The molecule has 2 heterocycles. The number of aromatic nitrogens is 1. The van der Waals surface area contributed by atoms with Crippen molar-refractivity contribution in [1.82, 2.24) is 9.88 Å². The lowest BCUT2D eigenvalue weighted by molar-refractivity contribution is 0.0299. The highest BCUT2D eigenvalue weighted by atomic mass is 16.5. The Morgan fingerprint density at radius 1 is 1.09 bits per heavy atom. The van der Waals surface area contributed by atoms with Crippen LogP contribution < -0.4 is 5.32 Å². The van der Waals surface area contributed by atoms with Crippen molar-refractivity contribution in [2.24, 2.45) is 0 Å². The Morgan fingerprint density at radius 3 is 2.41 bits per heavy atom. The van der Waals surface area contributed by atoms with Gasteiger partial charge in [-0.15, -0.1) is 0 Å². The van der Waals surface area contributed by atoms with E-state index in [0.29, 0.717) is 32.0 Å². The van der Waals surface area contributed by atoms with Crippen molar-refractivity contribution in [1.29, 1.82) is 0 Å². The van der Waals surface area contributed by atoms with E-state index in [0.717, 1.165) is 11.4 Å². The monoisotopic (exact) mass is 297 g/mol. The summed E-state index contributed by atoms with van der Waals surface area (Å²) < 4.78 is 5.26. The zero-order chi connectivity index (χ0) is 15.4. The number of morpholine rings is 1. The van der Waals surface area contributed by atoms with Gasteiger partial charge in [0.05, 0.1) is 25.1 Å². The molecule has 1 aliphatic heterocycles. The molecule has 3 rings (SSSR count). The largest absolute Gasteiger partial charge is 0.378 e. The number of ether oxygens (including phenoxy) is 1. The minimum atomic E-state index is -0.0369. The van der Waals surface area contributed by atoms with Gasteiger partial charge in [0.2, 0.25) is 0 Å². The van der Waals surface area contributed by atoms with Crippen molar-refractivity contribution < 1.29 is 9.53 Å². The van der Waals surface area contributed by atoms with Gasteiger partial charge in [-0.2, -0.15) is 0 Å². The van der Waals surface area contributed by atoms with Crippen molar-refractivity contribution in [2.75, 3.05) is 31.6 Å². The highest BCUT2D eigenvalue weighted by Crippen LogP contribution is 2.17. The van der Waals surface area contributed by atoms with Gasteiger partial charge in [-0.1, -0.05) is 17.7 Å². The molecule has 2 aromatic rings. The quantitative estimate of drug-likeness (QED) is 0.946. The molecule has 1 amide bonds. The third-order valence-electron chi connectivity index (χ3n) is 3.62. The molecular formula is C17H19N3O2. The number of carbonyl (C=O) groups excluding carboxylic acids is 1. The van der Waals surface area contributed by atoms with Gasteiger partial charge in [-0.25, -0.2) is 4.98 Å². The molecule has 1 saturated heterocycles. The Labute approximate surface area is 129 Å². The van der Waals surface area contributed by atoms with Gasteiger partial charge in [0.25, 0.3) is 5.91 Å². The van der Waals surface area contributed by atoms with Crippen molar-refractivity contribution >= 4 is 17.3 Å². The zero-order valence-electron chi connectivity index (χ0n) is 12.6. The van der Waals surface area contributed by atoms with E-state index in [-0.39, 0.29) is 5.91 Å². The predicted molar refractivity (Wildman–Crippen MR) is 85.4 cm³/mol. The summed E-state index contributed by atoms with van der Waals surface area (Å²) in [6, 6.07) is 11.8. The number of rotatable bonds is 3. The number of benzene rings is 1. The fourth-order valence-corrected chi connectivity index (χ4v) is 2.33. The molecule has 1 N–H and O–H groups in total. The highest BCUT2D eigenvalue weighted by molar-refractivity contribution is 5.92. The fraction of sp³-hybridized carbons (Fsp3) is 0.294. The highest BCUT2D eigenvalue weighted by Gasteiger charge is 2.19.